The number of aryl methyl sites for hydroxylation is 1. The lowest BCUT2D eigenvalue weighted by Crippen LogP contribution is -2.49. The summed E-state index contributed by atoms with van der Waals surface area (Å²) in [5.41, 5.74) is 1.39. The average Bonchev–Trinajstić information content (AvgIpc) is 2.73. The van der Waals surface area contributed by atoms with Gasteiger partial charge in [0.15, 0.2) is 0 Å². The maximum Gasteiger partial charge on any atom is 0.245 e. The van der Waals surface area contributed by atoms with Crippen molar-refractivity contribution in [1.82, 2.24) is 19.3 Å². The molecular formula is C20H24N6O2S. The molecule has 1 fully saturated rings. The van der Waals surface area contributed by atoms with E-state index in [0.29, 0.717) is 37.6 Å². The van der Waals surface area contributed by atoms with Crippen molar-refractivity contribution in [3.05, 3.63) is 48.3 Å². The van der Waals surface area contributed by atoms with E-state index in [1.165, 1.54) is 4.31 Å². The van der Waals surface area contributed by atoms with E-state index in [1.807, 2.05) is 36.9 Å². The number of hydrogen-bond donors (Lipinski definition) is 1. The standard InChI is InChI=1S/C20H24N6O2S/c1-3-21-18-14-15(2)23-20(24-18)25-10-12-26(13-11-25)29(27,28)17-8-4-6-16-7-5-9-22-19(16)17/h4-9,14H,3,10-13H2,1-2H3,(H,21,23,24). The molecular weight excluding hydrogens is 388 g/mol. The summed E-state index contributed by atoms with van der Waals surface area (Å²) in [6.07, 6.45) is 1.62. The zero-order valence-electron chi connectivity index (χ0n) is 16.5. The van der Waals surface area contributed by atoms with Crippen LogP contribution in [-0.2, 0) is 10.0 Å². The Balaban J connectivity index is 1.55. The SMILES string of the molecule is CCNc1cc(C)nc(N2CCN(S(=O)(=O)c3cccc4cccnc34)CC2)n1. The quantitative estimate of drug-likeness (QED) is 0.687. The maximum atomic E-state index is 13.3. The molecule has 3 aromatic rings. The molecule has 0 atom stereocenters. The largest absolute Gasteiger partial charge is 0.370 e. The second kappa shape index (κ2) is 7.92. The summed E-state index contributed by atoms with van der Waals surface area (Å²) >= 11 is 0. The Morgan fingerprint density at radius 1 is 1.07 bits per heavy atom. The zero-order valence-corrected chi connectivity index (χ0v) is 17.4. The van der Waals surface area contributed by atoms with E-state index < -0.39 is 10.0 Å². The summed E-state index contributed by atoms with van der Waals surface area (Å²) in [5, 5.41) is 4.02. The molecule has 29 heavy (non-hydrogen) atoms. The number of sulfonamides is 1. The topological polar surface area (TPSA) is 91.3 Å². The lowest BCUT2D eigenvalue weighted by molar-refractivity contribution is 0.383. The normalized spacial score (nSPS) is 15.6. The van der Waals surface area contributed by atoms with Crippen LogP contribution >= 0.6 is 0 Å². The molecule has 3 heterocycles. The highest BCUT2D eigenvalue weighted by Gasteiger charge is 2.31. The van der Waals surface area contributed by atoms with Gasteiger partial charge in [-0.2, -0.15) is 9.29 Å². The van der Waals surface area contributed by atoms with Gasteiger partial charge < -0.3 is 10.2 Å². The average molecular weight is 413 g/mol. The minimum Gasteiger partial charge on any atom is -0.370 e. The van der Waals surface area contributed by atoms with Gasteiger partial charge in [0, 0.05) is 56.1 Å². The summed E-state index contributed by atoms with van der Waals surface area (Å²) in [6.45, 7) is 6.54. The van der Waals surface area contributed by atoms with E-state index in [1.54, 1.807) is 24.4 Å². The third-order valence-electron chi connectivity index (χ3n) is 4.94. The molecule has 1 aliphatic heterocycles. The van der Waals surface area contributed by atoms with Crippen molar-refractivity contribution in [2.75, 3.05) is 42.9 Å². The molecule has 0 bridgehead atoms. The number of anilines is 2. The Morgan fingerprint density at radius 3 is 2.59 bits per heavy atom. The molecule has 0 unspecified atom stereocenters. The van der Waals surface area contributed by atoms with Crippen LogP contribution in [0, 0.1) is 6.92 Å². The molecule has 0 aliphatic carbocycles. The first kappa shape index (κ1) is 19.5. The van der Waals surface area contributed by atoms with E-state index in [-0.39, 0.29) is 4.90 Å². The van der Waals surface area contributed by atoms with Crippen LogP contribution in [0.15, 0.2) is 47.5 Å². The molecule has 152 valence electrons. The minimum atomic E-state index is -3.63. The molecule has 2 aromatic heterocycles. The second-order valence-corrected chi connectivity index (χ2v) is 8.85. The van der Waals surface area contributed by atoms with Gasteiger partial charge >= 0.3 is 0 Å². The van der Waals surface area contributed by atoms with Crippen molar-refractivity contribution in [3.8, 4) is 0 Å². The van der Waals surface area contributed by atoms with Crippen molar-refractivity contribution < 1.29 is 8.42 Å². The summed E-state index contributed by atoms with van der Waals surface area (Å²) in [4.78, 5) is 15.7. The number of hydrogen-bond acceptors (Lipinski definition) is 7. The van der Waals surface area contributed by atoms with Crippen molar-refractivity contribution in [3.63, 3.8) is 0 Å². The molecule has 8 nitrogen and oxygen atoms in total. The van der Waals surface area contributed by atoms with Gasteiger partial charge in [0.2, 0.25) is 16.0 Å². The molecule has 0 spiro atoms. The monoisotopic (exact) mass is 412 g/mol. The van der Waals surface area contributed by atoms with Crippen LogP contribution < -0.4 is 10.2 Å². The van der Waals surface area contributed by atoms with Gasteiger partial charge in [-0.1, -0.05) is 18.2 Å². The van der Waals surface area contributed by atoms with Gasteiger partial charge in [-0.05, 0) is 26.0 Å². The highest BCUT2D eigenvalue weighted by atomic mass is 32.2. The van der Waals surface area contributed by atoms with Gasteiger partial charge in [-0.15, -0.1) is 0 Å². The Kier molecular flexibility index (Phi) is 5.33. The number of nitrogens with zero attached hydrogens (tertiary/aromatic N) is 5. The Bertz CT molecular complexity index is 1120. The molecule has 0 saturated carbocycles. The zero-order chi connectivity index (χ0) is 20.4. The molecule has 4 rings (SSSR count). The minimum absolute atomic E-state index is 0.255. The van der Waals surface area contributed by atoms with E-state index in [2.05, 4.69) is 20.3 Å². The molecule has 1 saturated heterocycles. The third kappa shape index (κ3) is 3.88. The molecule has 1 aromatic carbocycles. The fourth-order valence-electron chi connectivity index (χ4n) is 3.52. The number of benzene rings is 1. The first-order chi connectivity index (χ1) is 14.0. The molecule has 9 heteroatoms. The van der Waals surface area contributed by atoms with Crippen molar-refractivity contribution in [2.24, 2.45) is 0 Å². The van der Waals surface area contributed by atoms with Crippen molar-refractivity contribution in [1.29, 1.82) is 0 Å². The Morgan fingerprint density at radius 2 is 1.83 bits per heavy atom. The summed E-state index contributed by atoms with van der Waals surface area (Å²) in [7, 11) is -3.63. The number of para-hydroxylation sites is 1. The van der Waals surface area contributed by atoms with Crippen molar-refractivity contribution in [2.45, 2.75) is 18.7 Å². The number of nitrogens with one attached hydrogen (secondary N) is 1. The molecule has 1 aliphatic rings. The van der Waals surface area contributed by atoms with Gasteiger partial charge in [0.1, 0.15) is 10.7 Å². The number of pyridine rings is 1. The molecule has 0 radical (unpaired) electrons. The highest BCUT2D eigenvalue weighted by Crippen LogP contribution is 2.25. The fourth-order valence-corrected chi connectivity index (χ4v) is 5.11. The van der Waals surface area contributed by atoms with Gasteiger partial charge in [-0.25, -0.2) is 13.4 Å². The first-order valence-electron chi connectivity index (χ1n) is 9.67. The third-order valence-corrected chi connectivity index (χ3v) is 6.87. The van der Waals surface area contributed by atoms with E-state index >= 15 is 0 Å². The van der Waals surface area contributed by atoms with Gasteiger partial charge in [0.25, 0.3) is 0 Å². The van der Waals surface area contributed by atoms with Crippen LogP contribution in [0.2, 0.25) is 0 Å². The van der Waals surface area contributed by atoms with Crippen LogP contribution in [0.1, 0.15) is 12.6 Å². The van der Waals surface area contributed by atoms with Crippen LogP contribution in [0.5, 0.6) is 0 Å². The van der Waals surface area contributed by atoms with Crippen LogP contribution in [0.25, 0.3) is 10.9 Å². The van der Waals surface area contributed by atoms with Gasteiger partial charge in [-0.3, -0.25) is 4.98 Å². The summed E-state index contributed by atoms with van der Waals surface area (Å²) in [6, 6.07) is 10.8. The smallest absolute Gasteiger partial charge is 0.245 e. The predicted molar refractivity (Wildman–Crippen MR) is 114 cm³/mol. The van der Waals surface area contributed by atoms with E-state index in [4.69, 9.17) is 0 Å². The van der Waals surface area contributed by atoms with E-state index in [0.717, 1.165) is 23.4 Å². The van der Waals surface area contributed by atoms with Crippen LogP contribution in [0.4, 0.5) is 11.8 Å². The Hall–Kier alpha value is -2.78. The predicted octanol–water partition coefficient (Wildman–Crippen LogP) is 2.28. The lowest BCUT2D eigenvalue weighted by Gasteiger charge is -2.34. The number of aromatic nitrogens is 3. The Labute approximate surface area is 170 Å². The van der Waals surface area contributed by atoms with Crippen molar-refractivity contribution >= 4 is 32.7 Å². The van der Waals surface area contributed by atoms with Crippen LogP contribution in [0.3, 0.4) is 0 Å². The number of piperazine rings is 1. The second-order valence-electron chi connectivity index (χ2n) is 6.95. The molecule has 1 N–H and O–H groups in total. The van der Waals surface area contributed by atoms with E-state index in [9.17, 15) is 8.42 Å². The van der Waals surface area contributed by atoms with Gasteiger partial charge in [0.05, 0.1) is 5.52 Å². The summed E-state index contributed by atoms with van der Waals surface area (Å²) in [5.74, 6) is 1.41. The number of fused-ring (bicyclic) bond motifs is 1. The number of rotatable bonds is 5. The maximum absolute atomic E-state index is 13.3. The van der Waals surface area contributed by atoms with Crippen LogP contribution in [-0.4, -0.2) is 60.4 Å². The fraction of sp³-hybridized carbons (Fsp3) is 0.350. The highest BCUT2D eigenvalue weighted by molar-refractivity contribution is 7.89. The summed E-state index contributed by atoms with van der Waals surface area (Å²) < 4.78 is 28.0. The molecule has 0 amide bonds. The lowest BCUT2D eigenvalue weighted by atomic mass is 10.2. The first-order valence-corrected chi connectivity index (χ1v) is 11.1.